The lowest BCUT2D eigenvalue weighted by Gasteiger charge is -2.17. The number of carbonyl (C=O) groups excluding carboxylic acids is 2. The first-order valence-corrected chi connectivity index (χ1v) is 8.32. The standard InChI is InChI=1S/C15H15ClN4O4S/c1-19(7-9-6-10(20(23)24)2-3-12(9)16)8-13(21)18-15-11(14(17)22)4-5-25-15/h2-6H,7-8H2,1H3,(H2,17,22)(H,18,21). The Morgan fingerprint density at radius 2 is 2.12 bits per heavy atom. The zero-order valence-corrected chi connectivity index (χ0v) is 14.8. The maximum absolute atomic E-state index is 12.1. The van der Waals surface area contributed by atoms with Crippen molar-refractivity contribution in [2.45, 2.75) is 6.54 Å². The van der Waals surface area contributed by atoms with Gasteiger partial charge in [-0.2, -0.15) is 0 Å². The molecule has 0 aliphatic carbocycles. The minimum absolute atomic E-state index is 0.00905. The van der Waals surface area contributed by atoms with Gasteiger partial charge in [-0.3, -0.25) is 24.6 Å². The molecule has 0 fully saturated rings. The van der Waals surface area contributed by atoms with Crippen LogP contribution >= 0.6 is 22.9 Å². The summed E-state index contributed by atoms with van der Waals surface area (Å²) in [5.74, 6) is -0.956. The lowest BCUT2D eigenvalue weighted by molar-refractivity contribution is -0.384. The molecular weight excluding hydrogens is 368 g/mol. The topological polar surface area (TPSA) is 119 Å². The Labute approximate surface area is 152 Å². The van der Waals surface area contributed by atoms with Crippen molar-refractivity contribution in [1.29, 1.82) is 0 Å². The third-order valence-corrected chi connectivity index (χ3v) is 4.48. The number of nitrogens with one attached hydrogen (secondary N) is 1. The Bertz CT molecular complexity index is 824. The Hall–Kier alpha value is -2.49. The van der Waals surface area contributed by atoms with Crippen LogP contribution in [0.2, 0.25) is 5.02 Å². The molecule has 0 saturated heterocycles. The van der Waals surface area contributed by atoms with Crippen LogP contribution in [0.3, 0.4) is 0 Å². The predicted molar refractivity (Wildman–Crippen MR) is 95.9 cm³/mol. The molecule has 0 aliphatic rings. The van der Waals surface area contributed by atoms with Gasteiger partial charge in [-0.15, -0.1) is 11.3 Å². The minimum Gasteiger partial charge on any atom is -0.366 e. The van der Waals surface area contributed by atoms with Crippen LogP contribution in [0.5, 0.6) is 0 Å². The number of primary amides is 1. The van der Waals surface area contributed by atoms with Gasteiger partial charge in [-0.25, -0.2) is 0 Å². The smallest absolute Gasteiger partial charge is 0.269 e. The van der Waals surface area contributed by atoms with Crippen LogP contribution in [-0.2, 0) is 11.3 Å². The van der Waals surface area contributed by atoms with Crippen LogP contribution in [0.15, 0.2) is 29.6 Å². The molecule has 0 aliphatic heterocycles. The highest BCUT2D eigenvalue weighted by Gasteiger charge is 2.16. The predicted octanol–water partition coefficient (Wildman–Crippen LogP) is 2.48. The van der Waals surface area contributed by atoms with Gasteiger partial charge in [0.15, 0.2) is 0 Å². The van der Waals surface area contributed by atoms with Gasteiger partial charge in [-0.1, -0.05) is 11.6 Å². The van der Waals surface area contributed by atoms with E-state index in [0.29, 0.717) is 15.6 Å². The summed E-state index contributed by atoms with van der Waals surface area (Å²) in [6.07, 6.45) is 0. The Kier molecular flexibility index (Phi) is 6.07. The highest BCUT2D eigenvalue weighted by Crippen LogP contribution is 2.24. The molecule has 132 valence electrons. The lowest BCUT2D eigenvalue weighted by Crippen LogP contribution is -2.30. The first kappa shape index (κ1) is 18.8. The maximum Gasteiger partial charge on any atom is 0.269 e. The van der Waals surface area contributed by atoms with Crippen LogP contribution in [0.1, 0.15) is 15.9 Å². The number of thiophene rings is 1. The second-order valence-corrected chi connectivity index (χ2v) is 6.60. The molecule has 0 atom stereocenters. The van der Waals surface area contributed by atoms with Gasteiger partial charge in [0.2, 0.25) is 5.91 Å². The van der Waals surface area contributed by atoms with Crippen LogP contribution in [0, 0.1) is 10.1 Å². The molecule has 2 amide bonds. The fraction of sp³-hybridized carbons (Fsp3) is 0.200. The second kappa shape index (κ2) is 8.06. The first-order valence-electron chi connectivity index (χ1n) is 7.06. The van der Waals surface area contributed by atoms with Crippen molar-refractivity contribution in [3.8, 4) is 0 Å². The number of hydrogen-bond donors (Lipinski definition) is 2. The van der Waals surface area contributed by atoms with Gasteiger partial charge in [-0.05, 0) is 30.1 Å². The van der Waals surface area contributed by atoms with Crippen molar-refractivity contribution in [2.75, 3.05) is 18.9 Å². The van der Waals surface area contributed by atoms with Crippen LogP contribution in [0.4, 0.5) is 10.7 Å². The third-order valence-electron chi connectivity index (χ3n) is 3.28. The molecule has 10 heteroatoms. The molecule has 25 heavy (non-hydrogen) atoms. The number of nitro groups is 1. The Balaban J connectivity index is 2.00. The zero-order chi connectivity index (χ0) is 18.6. The number of likely N-dealkylation sites (N-methyl/N-ethyl adjacent to an activating group) is 1. The summed E-state index contributed by atoms with van der Waals surface area (Å²) in [6.45, 7) is 0.260. The molecule has 1 aromatic heterocycles. The number of non-ortho nitro benzene ring substituents is 1. The summed E-state index contributed by atoms with van der Waals surface area (Å²) in [7, 11) is 1.68. The molecule has 8 nitrogen and oxygen atoms in total. The van der Waals surface area contributed by atoms with E-state index in [2.05, 4.69) is 5.32 Å². The Morgan fingerprint density at radius 1 is 1.40 bits per heavy atom. The average molecular weight is 383 g/mol. The van der Waals surface area contributed by atoms with Gasteiger partial charge in [0, 0.05) is 23.7 Å². The van der Waals surface area contributed by atoms with E-state index in [9.17, 15) is 19.7 Å². The molecule has 0 saturated carbocycles. The maximum atomic E-state index is 12.1. The van der Waals surface area contributed by atoms with Crippen LogP contribution in [-0.4, -0.2) is 35.2 Å². The van der Waals surface area contributed by atoms with Gasteiger partial charge < -0.3 is 11.1 Å². The number of halogens is 1. The molecule has 3 N–H and O–H groups in total. The van der Waals surface area contributed by atoms with Crippen molar-refractivity contribution in [3.63, 3.8) is 0 Å². The highest BCUT2D eigenvalue weighted by atomic mass is 35.5. The van der Waals surface area contributed by atoms with Gasteiger partial charge >= 0.3 is 0 Å². The van der Waals surface area contributed by atoms with Crippen LogP contribution < -0.4 is 11.1 Å². The van der Waals surface area contributed by atoms with E-state index in [1.807, 2.05) is 0 Å². The molecule has 0 spiro atoms. The van der Waals surface area contributed by atoms with E-state index in [4.69, 9.17) is 17.3 Å². The summed E-state index contributed by atoms with van der Waals surface area (Å²) in [4.78, 5) is 35.3. The van der Waals surface area contributed by atoms with E-state index < -0.39 is 10.8 Å². The fourth-order valence-corrected chi connectivity index (χ4v) is 3.14. The molecule has 2 aromatic rings. The van der Waals surface area contributed by atoms with Crippen molar-refractivity contribution in [1.82, 2.24) is 4.90 Å². The summed E-state index contributed by atoms with van der Waals surface area (Å²) >= 11 is 7.25. The highest BCUT2D eigenvalue weighted by molar-refractivity contribution is 7.14. The quantitative estimate of drug-likeness (QED) is 0.563. The fourth-order valence-electron chi connectivity index (χ4n) is 2.15. The zero-order valence-electron chi connectivity index (χ0n) is 13.2. The summed E-state index contributed by atoms with van der Waals surface area (Å²) in [6, 6.07) is 5.69. The largest absolute Gasteiger partial charge is 0.366 e. The average Bonchev–Trinajstić information content (AvgIpc) is 2.97. The van der Waals surface area contributed by atoms with Crippen LogP contribution in [0.25, 0.3) is 0 Å². The molecule has 2 rings (SSSR count). The monoisotopic (exact) mass is 382 g/mol. The van der Waals surface area contributed by atoms with Crippen molar-refractivity contribution < 1.29 is 14.5 Å². The normalized spacial score (nSPS) is 10.7. The van der Waals surface area contributed by atoms with E-state index in [-0.39, 0.29) is 30.2 Å². The van der Waals surface area contributed by atoms with Crippen molar-refractivity contribution >= 4 is 45.4 Å². The minimum atomic E-state index is -0.617. The lowest BCUT2D eigenvalue weighted by atomic mass is 10.2. The number of hydrogen-bond acceptors (Lipinski definition) is 6. The van der Waals surface area contributed by atoms with E-state index in [1.165, 1.54) is 35.6 Å². The van der Waals surface area contributed by atoms with Gasteiger partial charge in [0.05, 0.1) is 17.0 Å². The number of carbonyl (C=O) groups is 2. The first-order chi connectivity index (χ1) is 11.8. The number of benzene rings is 1. The van der Waals surface area contributed by atoms with Crippen molar-refractivity contribution in [2.24, 2.45) is 5.73 Å². The summed E-state index contributed by atoms with van der Waals surface area (Å²) in [5, 5.41) is 15.9. The SMILES string of the molecule is CN(CC(=O)Nc1sccc1C(N)=O)Cc1cc([N+](=O)[O-])ccc1Cl. The Morgan fingerprint density at radius 3 is 2.76 bits per heavy atom. The molecule has 0 bridgehead atoms. The third kappa shape index (κ3) is 4.99. The molecular formula is C15H15ClN4O4S. The second-order valence-electron chi connectivity index (χ2n) is 5.28. The number of anilines is 1. The van der Waals surface area contributed by atoms with Gasteiger partial charge in [0.1, 0.15) is 5.00 Å². The molecule has 1 aromatic carbocycles. The molecule has 1 heterocycles. The molecule has 0 unspecified atom stereocenters. The summed E-state index contributed by atoms with van der Waals surface area (Å²) in [5.41, 5.74) is 5.96. The number of nitrogens with zero attached hydrogens (tertiary/aromatic N) is 2. The van der Waals surface area contributed by atoms with Gasteiger partial charge in [0.25, 0.3) is 11.6 Å². The van der Waals surface area contributed by atoms with E-state index in [0.717, 1.165) is 0 Å². The summed E-state index contributed by atoms with van der Waals surface area (Å²) < 4.78 is 0. The van der Waals surface area contributed by atoms with E-state index in [1.54, 1.807) is 17.3 Å². The number of nitro benzene ring substituents is 1. The number of amides is 2. The molecule has 0 radical (unpaired) electrons. The number of nitrogens with two attached hydrogens (primary N) is 1. The number of rotatable bonds is 7. The van der Waals surface area contributed by atoms with E-state index >= 15 is 0 Å². The van der Waals surface area contributed by atoms with Crippen molar-refractivity contribution in [3.05, 3.63) is 55.9 Å².